The molecule has 1 aliphatic rings. The van der Waals surface area contributed by atoms with Crippen LogP contribution in [0.15, 0.2) is 48.5 Å². The van der Waals surface area contributed by atoms with Crippen molar-refractivity contribution in [2.45, 2.75) is 24.7 Å². The van der Waals surface area contributed by atoms with Crippen LogP contribution in [-0.2, 0) is 16.6 Å². The van der Waals surface area contributed by atoms with Gasteiger partial charge in [0, 0.05) is 17.5 Å². The summed E-state index contributed by atoms with van der Waals surface area (Å²) in [5, 5.41) is 12.6. The first kappa shape index (κ1) is 14.6. The number of halogens is 1. The smallest absolute Gasteiger partial charge is 0.224 e. The van der Waals surface area contributed by atoms with E-state index in [0.717, 1.165) is 18.4 Å². The van der Waals surface area contributed by atoms with Gasteiger partial charge in [-0.05, 0) is 36.6 Å². The molecule has 2 N–H and O–H groups in total. The van der Waals surface area contributed by atoms with Crippen LogP contribution in [0.4, 0.5) is 4.39 Å². The fourth-order valence-electron chi connectivity index (χ4n) is 2.69. The molecule has 22 heavy (non-hydrogen) atoms. The van der Waals surface area contributed by atoms with Gasteiger partial charge in [-0.25, -0.2) is 4.39 Å². The predicted molar refractivity (Wildman–Crippen MR) is 82.1 cm³/mol. The third kappa shape index (κ3) is 3.11. The summed E-state index contributed by atoms with van der Waals surface area (Å²) < 4.78 is 13.0. The molecule has 0 aliphatic heterocycles. The minimum Gasteiger partial charge on any atom is -0.508 e. The molecule has 114 valence electrons. The minimum absolute atomic E-state index is 0.0535. The second-order valence-electron chi connectivity index (χ2n) is 5.87. The number of carbonyl (C=O) groups excluding carboxylic acids is 1. The topological polar surface area (TPSA) is 49.3 Å². The molecule has 1 aliphatic carbocycles. The van der Waals surface area contributed by atoms with Crippen molar-refractivity contribution in [2.75, 3.05) is 6.54 Å². The number of benzene rings is 2. The maximum Gasteiger partial charge on any atom is 0.224 e. The number of phenols is 1. The molecule has 1 saturated carbocycles. The van der Waals surface area contributed by atoms with Gasteiger partial charge in [0.1, 0.15) is 11.6 Å². The zero-order valence-corrected chi connectivity index (χ0v) is 12.2. The summed E-state index contributed by atoms with van der Waals surface area (Å²) >= 11 is 0. The van der Waals surface area contributed by atoms with E-state index in [1.165, 1.54) is 12.1 Å². The Hall–Kier alpha value is -2.36. The van der Waals surface area contributed by atoms with Crippen LogP contribution in [0, 0.1) is 5.82 Å². The minimum atomic E-state index is -0.247. The van der Waals surface area contributed by atoms with Crippen molar-refractivity contribution in [3.8, 4) is 5.75 Å². The van der Waals surface area contributed by atoms with Gasteiger partial charge >= 0.3 is 0 Å². The molecule has 0 spiro atoms. The maximum absolute atomic E-state index is 13.0. The first-order chi connectivity index (χ1) is 10.6. The summed E-state index contributed by atoms with van der Waals surface area (Å²) in [5.74, 6) is -0.227. The second kappa shape index (κ2) is 5.79. The summed E-state index contributed by atoms with van der Waals surface area (Å²) in [4.78, 5) is 12.0. The van der Waals surface area contributed by atoms with Crippen LogP contribution in [-0.4, -0.2) is 17.6 Å². The lowest BCUT2D eigenvalue weighted by Gasteiger charge is -2.17. The number of hydrogen-bond donors (Lipinski definition) is 2. The fourth-order valence-corrected chi connectivity index (χ4v) is 2.69. The van der Waals surface area contributed by atoms with E-state index in [-0.39, 0.29) is 29.3 Å². The molecule has 3 nitrogen and oxygen atoms in total. The number of phenolic OH excluding ortho intramolecular Hbond substituents is 1. The molecular weight excluding hydrogens is 281 g/mol. The molecule has 0 unspecified atom stereocenters. The average molecular weight is 299 g/mol. The molecular formula is C18H18FNO2. The molecule has 0 bridgehead atoms. The van der Waals surface area contributed by atoms with E-state index >= 15 is 0 Å². The van der Waals surface area contributed by atoms with Crippen molar-refractivity contribution in [3.05, 3.63) is 65.5 Å². The van der Waals surface area contributed by atoms with Crippen molar-refractivity contribution in [3.63, 3.8) is 0 Å². The van der Waals surface area contributed by atoms with Crippen LogP contribution >= 0.6 is 0 Å². The average Bonchev–Trinajstić information content (AvgIpc) is 3.29. The van der Waals surface area contributed by atoms with Crippen molar-refractivity contribution in [2.24, 2.45) is 0 Å². The summed E-state index contributed by atoms with van der Waals surface area (Å²) in [6.45, 7) is 0.547. The zero-order valence-electron chi connectivity index (χ0n) is 12.2. The second-order valence-corrected chi connectivity index (χ2v) is 5.87. The molecule has 0 heterocycles. The standard InChI is InChI=1S/C18H18FNO2/c19-15-7-5-14(6-8-15)18(9-10-18)12-20-17(22)11-13-3-1-2-4-16(13)21/h1-8,21H,9-12H2,(H,20,22). The Labute approximate surface area is 128 Å². The highest BCUT2D eigenvalue weighted by atomic mass is 19.1. The number of nitrogens with one attached hydrogen (secondary N) is 1. The Kier molecular flexibility index (Phi) is 3.84. The lowest BCUT2D eigenvalue weighted by Crippen LogP contribution is -2.33. The summed E-state index contributed by atoms with van der Waals surface area (Å²) in [7, 11) is 0. The van der Waals surface area contributed by atoms with E-state index in [1.807, 2.05) is 0 Å². The van der Waals surface area contributed by atoms with Crippen LogP contribution in [0.5, 0.6) is 5.75 Å². The monoisotopic (exact) mass is 299 g/mol. The van der Waals surface area contributed by atoms with Crippen LogP contribution < -0.4 is 5.32 Å². The van der Waals surface area contributed by atoms with Gasteiger partial charge in [0.15, 0.2) is 0 Å². The molecule has 0 radical (unpaired) electrons. The molecule has 3 rings (SSSR count). The number of hydrogen-bond acceptors (Lipinski definition) is 2. The van der Waals surface area contributed by atoms with Crippen LogP contribution in [0.3, 0.4) is 0 Å². The molecule has 4 heteroatoms. The Morgan fingerprint density at radius 3 is 2.45 bits per heavy atom. The molecule has 1 fully saturated rings. The highest BCUT2D eigenvalue weighted by Crippen LogP contribution is 2.47. The molecule has 0 aromatic heterocycles. The number of rotatable bonds is 5. The molecule has 2 aromatic rings. The Balaban J connectivity index is 1.59. The number of carbonyl (C=O) groups is 1. The number of aromatic hydroxyl groups is 1. The largest absolute Gasteiger partial charge is 0.508 e. The van der Waals surface area contributed by atoms with E-state index in [2.05, 4.69) is 5.32 Å². The van der Waals surface area contributed by atoms with Gasteiger partial charge in [0.25, 0.3) is 0 Å². The fraction of sp³-hybridized carbons (Fsp3) is 0.278. The molecule has 1 amide bonds. The normalized spacial score (nSPS) is 15.3. The van der Waals surface area contributed by atoms with Crippen molar-refractivity contribution >= 4 is 5.91 Å². The molecule has 0 atom stereocenters. The van der Waals surface area contributed by atoms with E-state index in [1.54, 1.807) is 36.4 Å². The molecule has 0 saturated heterocycles. The highest BCUT2D eigenvalue weighted by molar-refractivity contribution is 5.79. The maximum atomic E-state index is 13.0. The van der Waals surface area contributed by atoms with Gasteiger partial charge in [0.05, 0.1) is 6.42 Å². The summed E-state index contributed by atoms with van der Waals surface area (Å²) in [5.41, 5.74) is 1.63. The Morgan fingerprint density at radius 1 is 1.14 bits per heavy atom. The van der Waals surface area contributed by atoms with Crippen molar-refractivity contribution in [1.29, 1.82) is 0 Å². The van der Waals surface area contributed by atoms with Crippen molar-refractivity contribution < 1.29 is 14.3 Å². The third-order valence-corrected chi connectivity index (χ3v) is 4.28. The van der Waals surface area contributed by atoms with Crippen LogP contribution in [0.1, 0.15) is 24.0 Å². The Bertz CT molecular complexity index is 678. The first-order valence-electron chi connectivity index (χ1n) is 7.39. The quantitative estimate of drug-likeness (QED) is 0.892. The van der Waals surface area contributed by atoms with E-state index in [0.29, 0.717) is 12.1 Å². The summed E-state index contributed by atoms with van der Waals surface area (Å²) in [6, 6.07) is 13.3. The third-order valence-electron chi connectivity index (χ3n) is 4.28. The summed E-state index contributed by atoms with van der Waals surface area (Å²) in [6.07, 6.45) is 2.15. The lowest BCUT2D eigenvalue weighted by molar-refractivity contribution is -0.120. The Morgan fingerprint density at radius 2 is 1.82 bits per heavy atom. The number of para-hydroxylation sites is 1. The molecule has 2 aromatic carbocycles. The van der Waals surface area contributed by atoms with E-state index in [9.17, 15) is 14.3 Å². The van der Waals surface area contributed by atoms with Gasteiger partial charge in [-0.1, -0.05) is 30.3 Å². The van der Waals surface area contributed by atoms with E-state index in [4.69, 9.17) is 0 Å². The SMILES string of the molecule is O=C(Cc1ccccc1O)NCC1(c2ccc(F)cc2)CC1. The lowest BCUT2D eigenvalue weighted by atomic mass is 9.96. The van der Waals surface area contributed by atoms with E-state index < -0.39 is 0 Å². The first-order valence-corrected chi connectivity index (χ1v) is 7.39. The number of amides is 1. The van der Waals surface area contributed by atoms with Crippen LogP contribution in [0.2, 0.25) is 0 Å². The van der Waals surface area contributed by atoms with Gasteiger partial charge < -0.3 is 10.4 Å². The van der Waals surface area contributed by atoms with Gasteiger partial charge in [-0.2, -0.15) is 0 Å². The van der Waals surface area contributed by atoms with Gasteiger partial charge in [-0.3, -0.25) is 4.79 Å². The van der Waals surface area contributed by atoms with Crippen molar-refractivity contribution in [1.82, 2.24) is 5.32 Å². The van der Waals surface area contributed by atoms with Gasteiger partial charge in [-0.15, -0.1) is 0 Å². The van der Waals surface area contributed by atoms with Crippen LogP contribution in [0.25, 0.3) is 0 Å². The highest BCUT2D eigenvalue weighted by Gasteiger charge is 2.44. The zero-order chi connectivity index (χ0) is 15.6. The van der Waals surface area contributed by atoms with Gasteiger partial charge in [0.2, 0.25) is 5.91 Å². The predicted octanol–water partition coefficient (Wildman–Crippen LogP) is 2.92.